The number of aliphatic hydroxyl groups excluding tert-OH is 1. The molecule has 2 aromatic carbocycles. The summed E-state index contributed by atoms with van der Waals surface area (Å²) >= 11 is 3.38. The molecule has 1 saturated heterocycles. The predicted molar refractivity (Wildman–Crippen MR) is 94.6 cm³/mol. The van der Waals surface area contributed by atoms with E-state index >= 15 is 0 Å². The van der Waals surface area contributed by atoms with Gasteiger partial charge in [-0.3, -0.25) is 4.90 Å². The van der Waals surface area contributed by atoms with Crippen molar-refractivity contribution in [1.82, 2.24) is 10.3 Å². The first-order valence-corrected chi connectivity index (χ1v) is 8.28. The van der Waals surface area contributed by atoms with E-state index in [1.54, 1.807) is 12.0 Å². The molecule has 6 nitrogen and oxygen atoms in total. The SMILES string of the molecule is COc1cccc(CN2C(=O)N(c3ccc(Br)cc3)NC2CO)c1. The number of benzene rings is 2. The second-order valence-corrected chi connectivity index (χ2v) is 6.32. The van der Waals surface area contributed by atoms with Crippen LogP contribution in [0, 0.1) is 0 Å². The van der Waals surface area contributed by atoms with Crippen LogP contribution in [0.5, 0.6) is 5.75 Å². The molecule has 2 N–H and O–H groups in total. The molecule has 24 heavy (non-hydrogen) atoms. The van der Waals surface area contributed by atoms with E-state index in [0.29, 0.717) is 6.54 Å². The zero-order valence-corrected chi connectivity index (χ0v) is 14.7. The standard InChI is InChI=1S/C17H18BrN3O3/c1-24-15-4-2-3-12(9-15)10-20-16(11-22)19-21(17(20)23)14-7-5-13(18)6-8-14/h2-9,16,19,22H,10-11H2,1H3. The number of urea groups is 1. The van der Waals surface area contributed by atoms with Crippen molar-refractivity contribution >= 4 is 27.6 Å². The van der Waals surface area contributed by atoms with Crippen molar-refractivity contribution in [3.05, 3.63) is 58.6 Å². The van der Waals surface area contributed by atoms with Gasteiger partial charge in [0.1, 0.15) is 11.9 Å². The molecule has 0 aromatic heterocycles. The molecule has 0 radical (unpaired) electrons. The Morgan fingerprint density at radius 1 is 1.25 bits per heavy atom. The van der Waals surface area contributed by atoms with Crippen molar-refractivity contribution in [2.45, 2.75) is 12.7 Å². The van der Waals surface area contributed by atoms with Gasteiger partial charge < -0.3 is 9.84 Å². The number of ether oxygens (including phenoxy) is 1. The Labute approximate surface area is 148 Å². The van der Waals surface area contributed by atoms with Crippen LogP contribution in [-0.4, -0.2) is 35.9 Å². The third-order valence-electron chi connectivity index (χ3n) is 3.84. The third kappa shape index (κ3) is 3.38. The number of anilines is 1. The van der Waals surface area contributed by atoms with Crippen LogP contribution in [0.2, 0.25) is 0 Å². The van der Waals surface area contributed by atoms with Crippen LogP contribution in [0.25, 0.3) is 0 Å². The predicted octanol–water partition coefficient (Wildman–Crippen LogP) is 2.72. The molecular weight excluding hydrogens is 374 g/mol. The number of methoxy groups -OCH3 is 1. The highest BCUT2D eigenvalue weighted by molar-refractivity contribution is 9.10. The minimum atomic E-state index is -0.479. The number of nitrogens with one attached hydrogen (secondary N) is 1. The van der Waals surface area contributed by atoms with E-state index in [9.17, 15) is 9.90 Å². The van der Waals surface area contributed by atoms with E-state index in [-0.39, 0.29) is 12.6 Å². The Balaban J connectivity index is 1.81. The summed E-state index contributed by atoms with van der Waals surface area (Å²) < 4.78 is 6.15. The van der Waals surface area contributed by atoms with Crippen molar-refractivity contribution < 1.29 is 14.6 Å². The number of carbonyl (C=O) groups is 1. The Kier molecular flexibility index (Phi) is 5.03. The third-order valence-corrected chi connectivity index (χ3v) is 4.36. The number of nitrogens with zero attached hydrogens (tertiary/aromatic N) is 2. The molecule has 0 aliphatic carbocycles. The largest absolute Gasteiger partial charge is 0.497 e. The normalized spacial score (nSPS) is 17.5. The quantitative estimate of drug-likeness (QED) is 0.822. The van der Waals surface area contributed by atoms with Gasteiger partial charge in [-0.2, -0.15) is 0 Å². The highest BCUT2D eigenvalue weighted by Gasteiger charge is 2.37. The topological polar surface area (TPSA) is 65.0 Å². The van der Waals surface area contributed by atoms with Crippen LogP contribution in [0.4, 0.5) is 10.5 Å². The molecule has 1 atom stereocenters. The maximum atomic E-state index is 12.8. The number of hydrogen-bond acceptors (Lipinski definition) is 4. The average molecular weight is 392 g/mol. The van der Waals surface area contributed by atoms with Gasteiger partial charge in [0.05, 0.1) is 19.4 Å². The molecule has 1 unspecified atom stereocenters. The molecule has 1 fully saturated rings. The highest BCUT2D eigenvalue weighted by Crippen LogP contribution is 2.24. The molecule has 0 saturated carbocycles. The van der Waals surface area contributed by atoms with E-state index in [4.69, 9.17) is 4.74 Å². The summed E-state index contributed by atoms with van der Waals surface area (Å²) in [5, 5.41) is 11.1. The number of amides is 2. The number of aliphatic hydroxyl groups is 1. The Morgan fingerprint density at radius 3 is 2.67 bits per heavy atom. The zero-order chi connectivity index (χ0) is 17.1. The fraction of sp³-hybridized carbons (Fsp3) is 0.235. The second kappa shape index (κ2) is 7.21. The first-order chi connectivity index (χ1) is 11.6. The number of hydrogen-bond donors (Lipinski definition) is 2. The molecule has 126 valence electrons. The fourth-order valence-corrected chi connectivity index (χ4v) is 2.86. The van der Waals surface area contributed by atoms with Crippen molar-refractivity contribution in [1.29, 1.82) is 0 Å². The smallest absolute Gasteiger partial charge is 0.340 e. The summed E-state index contributed by atoms with van der Waals surface area (Å²) in [5.41, 5.74) is 4.69. The van der Waals surface area contributed by atoms with Crippen LogP contribution in [-0.2, 0) is 6.54 Å². The highest BCUT2D eigenvalue weighted by atomic mass is 79.9. The maximum Gasteiger partial charge on any atom is 0.340 e. The lowest BCUT2D eigenvalue weighted by atomic mass is 10.2. The number of hydrazine groups is 1. The van der Waals surface area contributed by atoms with Gasteiger partial charge in [0.15, 0.2) is 0 Å². The minimum absolute atomic E-state index is 0.178. The van der Waals surface area contributed by atoms with Gasteiger partial charge in [-0.15, -0.1) is 0 Å². The van der Waals surface area contributed by atoms with Gasteiger partial charge in [-0.25, -0.2) is 15.2 Å². The molecule has 0 bridgehead atoms. The lowest BCUT2D eigenvalue weighted by Gasteiger charge is -2.20. The van der Waals surface area contributed by atoms with E-state index in [2.05, 4.69) is 21.4 Å². The van der Waals surface area contributed by atoms with Crippen LogP contribution >= 0.6 is 15.9 Å². The summed E-state index contributed by atoms with van der Waals surface area (Å²) in [4.78, 5) is 14.3. The van der Waals surface area contributed by atoms with Crippen LogP contribution < -0.4 is 15.2 Å². The van der Waals surface area contributed by atoms with E-state index in [0.717, 1.165) is 21.5 Å². The molecule has 7 heteroatoms. The number of halogens is 1. The van der Waals surface area contributed by atoms with Crippen LogP contribution in [0.1, 0.15) is 5.56 Å². The van der Waals surface area contributed by atoms with Gasteiger partial charge in [-0.05, 0) is 42.0 Å². The van der Waals surface area contributed by atoms with Gasteiger partial charge in [0, 0.05) is 11.0 Å². The van der Waals surface area contributed by atoms with E-state index in [1.807, 2.05) is 48.5 Å². The zero-order valence-electron chi connectivity index (χ0n) is 13.1. The van der Waals surface area contributed by atoms with Gasteiger partial charge in [0.25, 0.3) is 0 Å². The summed E-state index contributed by atoms with van der Waals surface area (Å²) in [5.74, 6) is 0.734. The first-order valence-electron chi connectivity index (χ1n) is 7.48. The maximum absolute atomic E-state index is 12.8. The molecule has 0 spiro atoms. The van der Waals surface area contributed by atoms with Crippen molar-refractivity contribution in [2.75, 3.05) is 18.7 Å². The second-order valence-electron chi connectivity index (χ2n) is 5.40. The Morgan fingerprint density at radius 2 is 2.00 bits per heavy atom. The van der Waals surface area contributed by atoms with Crippen molar-refractivity contribution in [3.63, 3.8) is 0 Å². The minimum Gasteiger partial charge on any atom is -0.497 e. The molecular formula is C17H18BrN3O3. The Hall–Kier alpha value is -2.09. The van der Waals surface area contributed by atoms with E-state index < -0.39 is 6.17 Å². The van der Waals surface area contributed by atoms with Crippen molar-refractivity contribution in [3.8, 4) is 5.75 Å². The summed E-state index contributed by atoms with van der Waals surface area (Å²) in [6.45, 7) is 0.198. The molecule has 1 aliphatic heterocycles. The van der Waals surface area contributed by atoms with E-state index in [1.165, 1.54) is 5.01 Å². The Bertz CT molecular complexity index is 723. The molecule has 2 aromatic rings. The number of carbonyl (C=O) groups excluding carboxylic acids is 1. The van der Waals surface area contributed by atoms with Crippen molar-refractivity contribution in [2.24, 2.45) is 0 Å². The molecule has 2 amide bonds. The fourth-order valence-electron chi connectivity index (χ4n) is 2.60. The monoisotopic (exact) mass is 391 g/mol. The average Bonchev–Trinajstić information content (AvgIpc) is 2.92. The molecule has 1 heterocycles. The summed E-state index contributed by atoms with van der Waals surface area (Å²) in [6.07, 6.45) is -0.479. The lowest BCUT2D eigenvalue weighted by molar-refractivity contribution is 0.148. The lowest BCUT2D eigenvalue weighted by Crippen LogP contribution is -2.40. The van der Waals surface area contributed by atoms with Gasteiger partial charge in [-0.1, -0.05) is 28.1 Å². The van der Waals surface area contributed by atoms with Gasteiger partial charge in [0.2, 0.25) is 0 Å². The summed E-state index contributed by atoms with van der Waals surface area (Å²) in [6, 6.07) is 14.7. The van der Waals surface area contributed by atoms with Crippen LogP contribution in [0.15, 0.2) is 53.0 Å². The van der Waals surface area contributed by atoms with Crippen LogP contribution in [0.3, 0.4) is 0 Å². The molecule has 3 rings (SSSR count). The molecule has 1 aliphatic rings. The number of rotatable bonds is 5. The first kappa shape index (κ1) is 16.8. The summed E-state index contributed by atoms with van der Waals surface area (Å²) in [7, 11) is 1.60. The van der Waals surface area contributed by atoms with Gasteiger partial charge >= 0.3 is 6.03 Å².